The number of hydrogen-bond donors (Lipinski definition) is 0. The number of aromatic nitrogens is 3. The molecule has 0 radical (unpaired) electrons. The number of Topliss-reactive ketones (excluding diaryl/α,β-unsaturated/α-hetero) is 1. The van der Waals surface area contributed by atoms with Crippen LogP contribution in [0.25, 0.3) is 0 Å². The number of hydrogen-bond acceptors (Lipinski definition) is 4. The molecule has 0 aromatic carbocycles. The highest BCUT2D eigenvalue weighted by Crippen LogP contribution is 2.20. The number of rotatable bonds is 0. The lowest BCUT2D eigenvalue weighted by Gasteiger charge is -2.10. The van der Waals surface area contributed by atoms with Crippen LogP contribution in [0.2, 0.25) is 0 Å². The van der Waals surface area contributed by atoms with Crippen LogP contribution in [-0.4, -0.2) is 27.4 Å². The monoisotopic (exact) mass is 153 g/mol. The Morgan fingerprint density at radius 1 is 1.64 bits per heavy atom. The highest BCUT2D eigenvalue weighted by atomic mass is 16.5. The summed E-state index contributed by atoms with van der Waals surface area (Å²) in [5, 5.41) is 7.35. The molecule has 0 bridgehead atoms. The molecule has 0 saturated carbocycles. The average Bonchev–Trinajstić information content (AvgIpc) is 2.35. The molecule has 58 valence electrons. The molecule has 0 atom stereocenters. The van der Waals surface area contributed by atoms with Gasteiger partial charge in [-0.05, 0) is 0 Å². The second-order valence-corrected chi connectivity index (χ2v) is 2.39. The molecular formula is C6H7N3O2. The summed E-state index contributed by atoms with van der Waals surface area (Å²) in [6.07, 6.45) is 0.408. The van der Waals surface area contributed by atoms with Crippen LogP contribution in [0.3, 0.4) is 0 Å². The molecule has 0 amide bonds. The Labute approximate surface area is 63.0 Å². The quantitative estimate of drug-likeness (QED) is 0.517. The van der Waals surface area contributed by atoms with Crippen LogP contribution < -0.4 is 4.74 Å². The minimum atomic E-state index is 0.0133. The largest absolute Gasteiger partial charge is 0.476 e. The zero-order valence-electron chi connectivity index (χ0n) is 6.07. The predicted octanol–water partition coefficient (Wildman–Crippen LogP) is -0.220. The summed E-state index contributed by atoms with van der Waals surface area (Å²) < 4.78 is 6.65. The maximum atomic E-state index is 11.1. The summed E-state index contributed by atoms with van der Waals surface area (Å²) in [7, 11) is 1.70. The lowest BCUT2D eigenvalue weighted by molar-refractivity contribution is 0.0923. The van der Waals surface area contributed by atoms with E-state index in [0.29, 0.717) is 24.6 Å². The van der Waals surface area contributed by atoms with E-state index in [-0.39, 0.29) is 5.78 Å². The molecule has 5 heteroatoms. The van der Waals surface area contributed by atoms with E-state index in [1.807, 2.05) is 0 Å². The van der Waals surface area contributed by atoms with Crippen molar-refractivity contribution < 1.29 is 9.53 Å². The van der Waals surface area contributed by atoms with Crippen molar-refractivity contribution in [1.29, 1.82) is 0 Å². The molecular weight excluding hydrogens is 146 g/mol. The number of ether oxygens (including phenoxy) is 1. The molecule has 0 unspecified atom stereocenters. The molecule has 1 aliphatic heterocycles. The van der Waals surface area contributed by atoms with E-state index in [1.54, 1.807) is 7.05 Å². The van der Waals surface area contributed by atoms with Gasteiger partial charge in [0.05, 0.1) is 6.61 Å². The van der Waals surface area contributed by atoms with E-state index in [2.05, 4.69) is 10.3 Å². The smallest absolute Gasteiger partial charge is 0.243 e. The van der Waals surface area contributed by atoms with E-state index >= 15 is 0 Å². The molecule has 1 aliphatic rings. The van der Waals surface area contributed by atoms with Crippen LogP contribution in [0.1, 0.15) is 16.9 Å². The van der Waals surface area contributed by atoms with Crippen LogP contribution in [-0.2, 0) is 7.05 Å². The fourth-order valence-electron chi connectivity index (χ4n) is 1.04. The molecule has 0 saturated heterocycles. The molecule has 11 heavy (non-hydrogen) atoms. The van der Waals surface area contributed by atoms with E-state index in [1.165, 1.54) is 4.68 Å². The average molecular weight is 153 g/mol. The van der Waals surface area contributed by atoms with Crippen LogP contribution in [0.15, 0.2) is 0 Å². The zero-order chi connectivity index (χ0) is 7.84. The number of carbonyl (C=O) groups is 1. The van der Waals surface area contributed by atoms with Gasteiger partial charge in [0.25, 0.3) is 0 Å². The lowest BCUT2D eigenvalue weighted by atomic mass is 10.2. The zero-order valence-corrected chi connectivity index (χ0v) is 6.07. The van der Waals surface area contributed by atoms with Gasteiger partial charge in [-0.3, -0.25) is 4.79 Å². The molecule has 1 aromatic rings. The Morgan fingerprint density at radius 3 is 3.18 bits per heavy atom. The van der Waals surface area contributed by atoms with Crippen molar-refractivity contribution in [3.05, 3.63) is 5.69 Å². The van der Waals surface area contributed by atoms with Gasteiger partial charge in [-0.15, -0.1) is 5.10 Å². The highest BCUT2D eigenvalue weighted by Gasteiger charge is 2.23. The Morgan fingerprint density at radius 2 is 2.45 bits per heavy atom. The number of ketones is 1. The van der Waals surface area contributed by atoms with E-state index < -0.39 is 0 Å². The Balaban J connectivity index is 2.55. The summed E-state index contributed by atoms with van der Waals surface area (Å²) in [6, 6.07) is 0. The third-order valence-electron chi connectivity index (χ3n) is 1.61. The number of fused-ring (bicyclic) bond motifs is 1. The van der Waals surface area contributed by atoms with Gasteiger partial charge in [-0.2, -0.15) is 0 Å². The first-order valence-electron chi connectivity index (χ1n) is 3.34. The van der Waals surface area contributed by atoms with Gasteiger partial charge in [0, 0.05) is 13.5 Å². The third-order valence-corrected chi connectivity index (χ3v) is 1.61. The van der Waals surface area contributed by atoms with E-state index in [0.717, 1.165) is 0 Å². The van der Waals surface area contributed by atoms with Crippen molar-refractivity contribution in [3.8, 4) is 5.88 Å². The van der Waals surface area contributed by atoms with Crippen molar-refractivity contribution in [2.24, 2.45) is 7.05 Å². The minimum absolute atomic E-state index is 0.0133. The van der Waals surface area contributed by atoms with Crippen LogP contribution >= 0.6 is 0 Å². The second-order valence-electron chi connectivity index (χ2n) is 2.39. The van der Waals surface area contributed by atoms with Crippen LogP contribution in [0.4, 0.5) is 0 Å². The molecule has 5 nitrogen and oxygen atoms in total. The van der Waals surface area contributed by atoms with Gasteiger partial charge >= 0.3 is 0 Å². The van der Waals surface area contributed by atoms with Gasteiger partial charge in [0.2, 0.25) is 5.88 Å². The molecule has 0 N–H and O–H groups in total. The fourth-order valence-corrected chi connectivity index (χ4v) is 1.04. The highest BCUT2D eigenvalue weighted by molar-refractivity contribution is 5.97. The van der Waals surface area contributed by atoms with Crippen LogP contribution in [0.5, 0.6) is 5.88 Å². The summed E-state index contributed by atoms with van der Waals surface area (Å²) in [5.74, 6) is 0.501. The fraction of sp³-hybridized carbons (Fsp3) is 0.500. The molecule has 0 aliphatic carbocycles. The standard InChI is InChI=1S/C6H7N3O2/c1-9-6-5(7-8-9)4(10)2-3-11-6/h2-3H2,1H3. The van der Waals surface area contributed by atoms with Crippen molar-refractivity contribution in [2.75, 3.05) is 6.61 Å². The number of carbonyl (C=O) groups excluding carboxylic acids is 1. The first-order chi connectivity index (χ1) is 5.29. The maximum Gasteiger partial charge on any atom is 0.243 e. The number of aryl methyl sites for hydroxylation is 1. The van der Waals surface area contributed by atoms with Crippen LogP contribution in [0, 0.1) is 0 Å². The minimum Gasteiger partial charge on any atom is -0.476 e. The SMILES string of the molecule is Cn1nnc2c1OCCC2=O. The Hall–Kier alpha value is -1.39. The molecule has 0 fully saturated rings. The summed E-state index contributed by atoms with van der Waals surface area (Å²) in [5.41, 5.74) is 0.360. The van der Waals surface area contributed by atoms with Crippen molar-refractivity contribution in [3.63, 3.8) is 0 Å². The van der Waals surface area contributed by atoms with Gasteiger partial charge < -0.3 is 4.74 Å². The topological polar surface area (TPSA) is 57.0 Å². The maximum absolute atomic E-state index is 11.1. The van der Waals surface area contributed by atoms with Gasteiger partial charge in [0.15, 0.2) is 11.5 Å². The van der Waals surface area contributed by atoms with Crippen molar-refractivity contribution >= 4 is 5.78 Å². The normalized spacial score (nSPS) is 15.9. The molecule has 0 spiro atoms. The predicted molar refractivity (Wildman–Crippen MR) is 35.4 cm³/mol. The first kappa shape index (κ1) is 6.33. The summed E-state index contributed by atoms with van der Waals surface area (Å²) in [4.78, 5) is 11.1. The molecule has 1 aromatic heterocycles. The van der Waals surface area contributed by atoms with E-state index in [4.69, 9.17) is 4.74 Å². The Bertz CT molecular complexity index is 305. The van der Waals surface area contributed by atoms with E-state index in [9.17, 15) is 4.79 Å². The second kappa shape index (κ2) is 2.05. The molecule has 2 heterocycles. The third kappa shape index (κ3) is 0.806. The van der Waals surface area contributed by atoms with Gasteiger partial charge in [-0.25, -0.2) is 4.68 Å². The summed E-state index contributed by atoms with van der Waals surface area (Å²) >= 11 is 0. The van der Waals surface area contributed by atoms with Crippen molar-refractivity contribution in [2.45, 2.75) is 6.42 Å². The van der Waals surface area contributed by atoms with Gasteiger partial charge in [0.1, 0.15) is 0 Å². The lowest BCUT2D eigenvalue weighted by Crippen LogP contribution is -2.16. The van der Waals surface area contributed by atoms with Gasteiger partial charge in [-0.1, -0.05) is 5.21 Å². The first-order valence-corrected chi connectivity index (χ1v) is 3.34. The molecule has 2 rings (SSSR count). The van der Waals surface area contributed by atoms with Crippen molar-refractivity contribution in [1.82, 2.24) is 15.0 Å². The number of nitrogens with zero attached hydrogens (tertiary/aromatic N) is 3. The Kier molecular flexibility index (Phi) is 1.18. The summed E-state index contributed by atoms with van der Waals surface area (Å²) in [6.45, 7) is 0.438.